The average molecular weight is 671 g/mol. The molecule has 2 N–H and O–H groups in total. The van der Waals surface area contributed by atoms with E-state index in [4.69, 9.17) is 19.3 Å². The van der Waals surface area contributed by atoms with E-state index in [-0.39, 0.29) is 19.4 Å². The molecular formula is C37H67O8P. The molecule has 0 aromatic rings. The Kier molecular flexibility index (Phi) is 31.9. The molecule has 0 amide bonds. The van der Waals surface area contributed by atoms with Crippen LogP contribution >= 0.6 is 7.82 Å². The van der Waals surface area contributed by atoms with Gasteiger partial charge in [0, 0.05) is 12.8 Å². The van der Waals surface area contributed by atoms with Crippen molar-refractivity contribution in [2.75, 3.05) is 13.2 Å². The number of phosphoric ester groups is 1. The molecule has 0 saturated heterocycles. The number of unbranched alkanes of at least 4 members (excludes halogenated alkanes) is 17. The van der Waals surface area contributed by atoms with Gasteiger partial charge in [0.25, 0.3) is 0 Å². The molecule has 0 aliphatic rings. The number of carbonyl (C=O) groups is 2. The van der Waals surface area contributed by atoms with E-state index in [1.807, 2.05) is 0 Å². The molecule has 46 heavy (non-hydrogen) atoms. The normalized spacial score (nSPS) is 12.9. The van der Waals surface area contributed by atoms with Crippen LogP contribution in [0.5, 0.6) is 0 Å². The highest BCUT2D eigenvalue weighted by Crippen LogP contribution is 2.36. The second kappa shape index (κ2) is 33.2. The van der Waals surface area contributed by atoms with E-state index in [2.05, 4.69) is 54.8 Å². The van der Waals surface area contributed by atoms with Gasteiger partial charge in [-0.1, -0.05) is 147 Å². The Balaban J connectivity index is 4.00. The average Bonchev–Trinajstić information content (AvgIpc) is 3.02. The summed E-state index contributed by atoms with van der Waals surface area (Å²) in [6, 6.07) is 0. The maximum atomic E-state index is 12.3. The van der Waals surface area contributed by atoms with Crippen LogP contribution in [0.1, 0.15) is 168 Å². The van der Waals surface area contributed by atoms with Crippen molar-refractivity contribution in [1.29, 1.82) is 0 Å². The summed E-state index contributed by atoms with van der Waals surface area (Å²) in [5.41, 5.74) is 0. The topological polar surface area (TPSA) is 119 Å². The van der Waals surface area contributed by atoms with Gasteiger partial charge in [-0.05, 0) is 44.9 Å². The van der Waals surface area contributed by atoms with E-state index in [1.165, 1.54) is 64.2 Å². The van der Waals surface area contributed by atoms with Crippen molar-refractivity contribution in [3.63, 3.8) is 0 Å². The molecule has 0 rings (SSSR count). The van der Waals surface area contributed by atoms with E-state index in [1.54, 1.807) is 0 Å². The lowest BCUT2D eigenvalue weighted by molar-refractivity contribution is -0.161. The lowest BCUT2D eigenvalue weighted by Crippen LogP contribution is -2.29. The van der Waals surface area contributed by atoms with Crippen molar-refractivity contribution in [3.05, 3.63) is 36.5 Å². The van der Waals surface area contributed by atoms with Crippen molar-refractivity contribution in [2.45, 2.75) is 174 Å². The molecule has 0 aliphatic heterocycles. The monoisotopic (exact) mass is 670 g/mol. The number of hydrogen-bond acceptors (Lipinski definition) is 6. The minimum atomic E-state index is -4.75. The van der Waals surface area contributed by atoms with Crippen LogP contribution in [-0.2, 0) is 28.2 Å². The number of allylic oxidation sites excluding steroid dienone is 6. The fourth-order valence-corrected chi connectivity index (χ4v) is 5.34. The summed E-state index contributed by atoms with van der Waals surface area (Å²) in [5, 5.41) is 0. The maximum Gasteiger partial charge on any atom is 0.469 e. The molecule has 0 radical (unpaired) electrons. The SMILES string of the molecule is CC/C=C\C/C=C\C/C=C\CCCCCCCC(=O)O[C@H](COC(=O)CCCCCCCCCCCCCCC)COP(=O)(O)O. The van der Waals surface area contributed by atoms with Gasteiger partial charge in [0.1, 0.15) is 6.61 Å². The molecule has 0 aromatic carbocycles. The van der Waals surface area contributed by atoms with Gasteiger partial charge in [-0.3, -0.25) is 14.1 Å². The third-order valence-electron chi connectivity index (χ3n) is 7.67. The Morgan fingerprint density at radius 2 is 1.04 bits per heavy atom. The summed E-state index contributed by atoms with van der Waals surface area (Å²) >= 11 is 0. The Hall–Kier alpha value is -1.73. The fraction of sp³-hybridized carbons (Fsp3) is 0.784. The number of carbonyl (C=O) groups excluding carboxylic acids is 2. The van der Waals surface area contributed by atoms with Crippen LogP contribution < -0.4 is 0 Å². The molecule has 0 aromatic heterocycles. The number of phosphoric acid groups is 1. The summed E-state index contributed by atoms with van der Waals surface area (Å²) < 4.78 is 26.3. The first-order valence-corrected chi connectivity index (χ1v) is 19.8. The van der Waals surface area contributed by atoms with Crippen LogP contribution in [0.15, 0.2) is 36.5 Å². The van der Waals surface area contributed by atoms with E-state index >= 15 is 0 Å². The van der Waals surface area contributed by atoms with Gasteiger partial charge >= 0.3 is 19.8 Å². The molecule has 0 bridgehead atoms. The predicted octanol–water partition coefficient (Wildman–Crippen LogP) is 10.6. The van der Waals surface area contributed by atoms with Gasteiger partial charge in [-0.25, -0.2) is 4.57 Å². The van der Waals surface area contributed by atoms with Crippen molar-refractivity contribution in [2.24, 2.45) is 0 Å². The van der Waals surface area contributed by atoms with E-state index in [0.29, 0.717) is 6.42 Å². The second-order valence-electron chi connectivity index (χ2n) is 12.2. The quantitative estimate of drug-likeness (QED) is 0.0306. The number of hydrogen-bond donors (Lipinski definition) is 2. The predicted molar refractivity (Wildman–Crippen MR) is 188 cm³/mol. The van der Waals surface area contributed by atoms with Gasteiger partial charge in [0.05, 0.1) is 6.61 Å². The summed E-state index contributed by atoms with van der Waals surface area (Å²) in [6.07, 6.45) is 37.2. The Labute approximate surface area is 281 Å². The summed E-state index contributed by atoms with van der Waals surface area (Å²) in [7, 11) is -4.75. The molecule has 0 unspecified atom stereocenters. The molecule has 0 fully saturated rings. The van der Waals surface area contributed by atoms with Crippen molar-refractivity contribution < 1.29 is 37.9 Å². The Morgan fingerprint density at radius 3 is 1.57 bits per heavy atom. The first-order chi connectivity index (χ1) is 22.3. The zero-order valence-electron chi connectivity index (χ0n) is 29.2. The van der Waals surface area contributed by atoms with Crippen molar-refractivity contribution in [1.82, 2.24) is 0 Å². The summed E-state index contributed by atoms with van der Waals surface area (Å²) in [5.74, 6) is -0.903. The van der Waals surface area contributed by atoms with E-state index in [9.17, 15) is 14.2 Å². The number of esters is 2. The van der Waals surface area contributed by atoms with E-state index < -0.39 is 32.5 Å². The highest BCUT2D eigenvalue weighted by atomic mass is 31.2. The summed E-state index contributed by atoms with van der Waals surface area (Å²) in [6.45, 7) is 3.54. The van der Waals surface area contributed by atoms with Crippen molar-refractivity contribution >= 4 is 19.8 Å². The third kappa shape index (κ3) is 35.1. The molecule has 0 spiro atoms. The van der Waals surface area contributed by atoms with Gasteiger partial charge in [-0.2, -0.15) is 0 Å². The van der Waals surface area contributed by atoms with Gasteiger partial charge in [0.2, 0.25) is 0 Å². The van der Waals surface area contributed by atoms with Gasteiger partial charge in [-0.15, -0.1) is 0 Å². The lowest BCUT2D eigenvalue weighted by Gasteiger charge is -2.18. The van der Waals surface area contributed by atoms with Gasteiger partial charge < -0.3 is 19.3 Å². The molecule has 8 nitrogen and oxygen atoms in total. The lowest BCUT2D eigenvalue weighted by atomic mass is 10.0. The fourth-order valence-electron chi connectivity index (χ4n) is 4.97. The van der Waals surface area contributed by atoms with Crippen LogP contribution in [0, 0.1) is 0 Å². The van der Waals surface area contributed by atoms with Crippen LogP contribution in [0.25, 0.3) is 0 Å². The third-order valence-corrected chi connectivity index (χ3v) is 8.16. The number of ether oxygens (including phenoxy) is 2. The maximum absolute atomic E-state index is 12.3. The smallest absolute Gasteiger partial charge is 0.462 e. The second-order valence-corrected chi connectivity index (χ2v) is 13.4. The molecule has 268 valence electrons. The zero-order chi connectivity index (χ0) is 34.0. The molecule has 0 heterocycles. The first-order valence-electron chi connectivity index (χ1n) is 18.3. The van der Waals surface area contributed by atoms with Crippen molar-refractivity contribution in [3.8, 4) is 0 Å². The first kappa shape index (κ1) is 44.3. The van der Waals surface area contributed by atoms with Crippen LogP contribution in [-0.4, -0.2) is 41.0 Å². The standard InChI is InChI=1S/C37H67O8P/c1-3-5-7-9-11-13-15-17-18-20-22-24-26-28-30-32-37(39)45-35(34-44-46(40,41)42)33-43-36(38)31-29-27-25-23-21-19-16-14-12-10-8-6-4-2/h5,7,11,13,17-18,35H,3-4,6,8-10,12,14-16,19-34H2,1-2H3,(H2,40,41,42)/b7-5-,13-11-,18-17-/t35-/m1/s1. The molecule has 9 heteroatoms. The minimum Gasteiger partial charge on any atom is -0.462 e. The van der Waals surface area contributed by atoms with Crippen LogP contribution in [0.3, 0.4) is 0 Å². The molecule has 1 atom stereocenters. The Morgan fingerprint density at radius 1 is 0.587 bits per heavy atom. The largest absolute Gasteiger partial charge is 0.469 e. The zero-order valence-corrected chi connectivity index (χ0v) is 30.1. The highest BCUT2D eigenvalue weighted by Gasteiger charge is 2.22. The number of rotatable bonds is 33. The summed E-state index contributed by atoms with van der Waals surface area (Å²) in [4.78, 5) is 42.6. The van der Waals surface area contributed by atoms with Crippen LogP contribution in [0.2, 0.25) is 0 Å². The molecular weight excluding hydrogens is 603 g/mol. The van der Waals surface area contributed by atoms with Crippen LogP contribution in [0.4, 0.5) is 0 Å². The Bertz CT molecular complexity index is 848. The molecule has 0 saturated carbocycles. The minimum absolute atomic E-state index is 0.193. The highest BCUT2D eigenvalue weighted by molar-refractivity contribution is 7.46. The van der Waals surface area contributed by atoms with E-state index in [0.717, 1.165) is 70.6 Å². The molecule has 0 aliphatic carbocycles. The van der Waals surface area contributed by atoms with Gasteiger partial charge in [0.15, 0.2) is 6.10 Å².